The maximum atomic E-state index is 11.1. The largest absolute Gasteiger partial charge is 0.593 e. The zero-order valence-corrected chi connectivity index (χ0v) is 8.07. The Morgan fingerprint density at radius 2 is 2.00 bits per heavy atom. The van der Waals surface area contributed by atoms with Gasteiger partial charge in [0.25, 0.3) is 0 Å². The predicted molar refractivity (Wildman–Crippen MR) is 53.8 cm³/mol. The van der Waals surface area contributed by atoms with Gasteiger partial charge in [-0.1, -0.05) is 18.2 Å². The number of alkyl halides is 1. The molecule has 0 aromatic heterocycles. The Labute approximate surface area is 80.2 Å². The Morgan fingerprint density at radius 1 is 1.33 bits per heavy atom. The molecule has 0 saturated carbocycles. The lowest BCUT2D eigenvalue weighted by Crippen LogP contribution is -2.17. The van der Waals surface area contributed by atoms with E-state index in [9.17, 15) is 4.55 Å². The van der Waals surface area contributed by atoms with Gasteiger partial charge in [0.05, 0.1) is 22.9 Å². The molecule has 0 saturated heterocycles. The first-order valence-corrected chi connectivity index (χ1v) is 5.44. The van der Waals surface area contributed by atoms with Crippen LogP contribution < -0.4 is 4.72 Å². The summed E-state index contributed by atoms with van der Waals surface area (Å²) in [5, 5.41) is 0. The molecule has 0 aliphatic carbocycles. The van der Waals surface area contributed by atoms with E-state index < -0.39 is 11.4 Å². The lowest BCUT2D eigenvalue weighted by atomic mass is 10.3. The molecule has 1 aromatic carbocycles. The molecule has 0 bridgehead atoms. The second kappa shape index (κ2) is 5.30. The number of halogens is 1. The molecule has 0 aliphatic heterocycles. The highest BCUT2D eigenvalue weighted by atomic mass is 35.5. The molecule has 0 fully saturated rings. The molecule has 1 unspecified atom stereocenters. The Hall–Kier alpha value is -0.380. The molecular weight excluding hydrogens is 194 g/mol. The molecule has 0 aliphatic rings. The highest BCUT2D eigenvalue weighted by Gasteiger charge is 2.03. The van der Waals surface area contributed by atoms with E-state index in [2.05, 4.69) is 4.72 Å². The van der Waals surface area contributed by atoms with Gasteiger partial charge in [0.2, 0.25) is 0 Å². The van der Waals surface area contributed by atoms with Crippen molar-refractivity contribution >= 4 is 28.7 Å². The van der Waals surface area contributed by atoms with Crippen molar-refractivity contribution < 1.29 is 4.55 Å². The fourth-order valence-electron chi connectivity index (χ4n) is 0.759. The number of anilines is 1. The summed E-state index contributed by atoms with van der Waals surface area (Å²) in [6, 6.07) is 9.42. The van der Waals surface area contributed by atoms with Crippen LogP contribution in [0, 0.1) is 0 Å². The van der Waals surface area contributed by atoms with Gasteiger partial charge in [-0.15, -0.1) is 11.6 Å². The van der Waals surface area contributed by atoms with Gasteiger partial charge in [0.15, 0.2) is 0 Å². The third-order valence-corrected chi connectivity index (χ3v) is 2.72. The maximum absolute atomic E-state index is 11.1. The van der Waals surface area contributed by atoms with Crippen LogP contribution >= 0.6 is 11.6 Å². The fourth-order valence-corrected chi connectivity index (χ4v) is 1.82. The predicted octanol–water partition coefficient (Wildman–Crippen LogP) is 2.00. The van der Waals surface area contributed by atoms with Crippen molar-refractivity contribution in [3.8, 4) is 0 Å². The van der Waals surface area contributed by atoms with E-state index in [0.717, 1.165) is 5.69 Å². The Kier molecular flexibility index (Phi) is 4.29. The minimum Gasteiger partial charge on any atom is -0.593 e. The molecule has 66 valence electrons. The lowest BCUT2D eigenvalue weighted by Gasteiger charge is -2.09. The van der Waals surface area contributed by atoms with Crippen molar-refractivity contribution in [3.63, 3.8) is 0 Å². The van der Waals surface area contributed by atoms with Crippen LogP contribution in [0.3, 0.4) is 0 Å². The Bertz CT molecular complexity index is 220. The average molecular weight is 204 g/mol. The highest BCUT2D eigenvalue weighted by Crippen LogP contribution is 2.07. The van der Waals surface area contributed by atoms with Crippen LogP contribution in [0.4, 0.5) is 5.69 Å². The van der Waals surface area contributed by atoms with Crippen LogP contribution in [-0.2, 0) is 11.4 Å². The van der Waals surface area contributed by atoms with Crippen molar-refractivity contribution in [1.82, 2.24) is 0 Å². The summed E-state index contributed by atoms with van der Waals surface area (Å²) in [6.07, 6.45) is 0. The second-order valence-electron chi connectivity index (χ2n) is 2.21. The number of rotatable bonds is 4. The third-order valence-electron chi connectivity index (χ3n) is 1.27. The van der Waals surface area contributed by atoms with Gasteiger partial charge in [-0.3, -0.25) is 0 Å². The van der Waals surface area contributed by atoms with E-state index in [1.807, 2.05) is 30.3 Å². The molecular formula is C8H10ClNOS. The van der Waals surface area contributed by atoms with Gasteiger partial charge >= 0.3 is 0 Å². The molecule has 1 rings (SSSR count). The van der Waals surface area contributed by atoms with E-state index in [0.29, 0.717) is 11.6 Å². The van der Waals surface area contributed by atoms with Crippen molar-refractivity contribution in [3.05, 3.63) is 30.3 Å². The minimum absolute atomic E-state index is 0.409. The molecule has 0 radical (unpaired) electrons. The Morgan fingerprint density at radius 3 is 2.58 bits per heavy atom. The van der Waals surface area contributed by atoms with Crippen molar-refractivity contribution in [2.45, 2.75) is 0 Å². The zero-order valence-electron chi connectivity index (χ0n) is 6.50. The van der Waals surface area contributed by atoms with Crippen LogP contribution in [0.2, 0.25) is 0 Å². The van der Waals surface area contributed by atoms with Gasteiger partial charge in [0, 0.05) is 0 Å². The van der Waals surface area contributed by atoms with Crippen molar-refractivity contribution in [2.75, 3.05) is 16.4 Å². The van der Waals surface area contributed by atoms with E-state index >= 15 is 0 Å². The molecule has 0 amide bonds. The minimum atomic E-state index is -1.05. The summed E-state index contributed by atoms with van der Waals surface area (Å²) in [5.74, 6) is 0.878. The summed E-state index contributed by atoms with van der Waals surface area (Å²) >= 11 is 4.38. The van der Waals surface area contributed by atoms with Crippen LogP contribution in [0.15, 0.2) is 30.3 Å². The summed E-state index contributed by atoms with van der Waals surface area (Å²) in [5.41, 5.74) is 0.862. The smallest absolute Gasteiger partial charge is 0.144 e. The van der Waals surface area contributed by atoms with Gasteiger partial charge in [-0.2, -0.15) is 0 Å². The van der Waals surface area contributed by atoms with E-state index in [1.54, 1.807) is 0 Å². The Balaban J connectivity index is 2.41. The highest BCUT2D eigenvalue weighted by molar-refractivity contribution is 7.92. The standard InChI is InChI=1S/C8H10ClNOS/c9-6-7-12(11)10-8-4-2-1-3-5-8/h1-5,10H,6-7H2. The monoisotopic (exact) mass is 203 g/mol. The summed E-state index contributed by atoms with van der Waals surface area (Å²) in [7, 11) is 0. The SMILES string of the molecule is [O-][S+](CCCl)Nc1ccccc1. The fraction of sp³-hybridized carbons (Fsp3) is 0.250. The van der Waals surface area contributed by atoms with E-state index in [4.69, 9.17) is 11.6 Å². The van der Waals surface area contributed by atoms with Crippen LogP contribution in [0.1, 0.15) is 0 Å². The third kappa shape index (κ3) is 3.34. The van der Waals surface area contributed by atoms with Crippen molar-refractivity contribution in [1.29, 1.82) is 0 Å². The van der Waals surface area contributed by atoms with Gasteiger partial charge in [-0.05, 0) is 12.1 Å². The number of para-hydroxylation sites is 1. The first-order valence-electron chi connectivity index (χ1n) is 3.59. The summed E-state index contributed by atoms with van der Waals surface area (Å²) < 4.78 is 14.0. The van der Waals surface area contributed by atoms with E-state index in [1.165, 1.54) is 0 Å². The number of benzene rings is 1. The average Bonchev–Trinajstić information content (AvgIpc) is 2.06. The number of hydrogen-bond acceptors (Lipinski definition) is 2. The molecule has 0 spiro atoms. The van der Waals surface area contributed by atoms with Gasteiger partial charge < -0.3 is 4.55 Å². The molecule has 1 atom stereocenters. The van der Waals surface area contributed by atoms with Crippen LogP contribution in [0.5, 0.6) is 0 Å². The van der Waals surface area contributed by atoms with Gasteiger partial charge in [0.1, 0.15) is 5.75 Å². The lowest BCUT2D eigenvalue weighted by molar-refractivity contribution is 0.601. The first-order chi connectivity index (χ1) is 5.83. The number of nitrogens with one attached hydrogen (secondary N) is 1. The van der Waals surface area contributed by atoms with E-state index in [-0.39, 0.29) is 0 Å². The molecule has 1 N–H and O–H groups in total. The summed E-state index contributed by atoms with van der Waals surface area (Å²) in [4.78, 5) is 0. The summed E-state index contributed by atoms with van der Waals surface area (Å²) in [6.45, 7) is 0. The zero-order chi connectivity index (χ0) is 8.81. The first kappa shape index (κ1) is 9.71. The van der Waals surface area contributed by atoms with Crippen LogP contribution in [0.25, 0.3) is 0 Å². The molecule has 2 nitrogen and oxygen atoms in total. The quantitative estimate of drug-likeness (QED) is 0.600. The number of hydrogen-bond donors (Lipinski definition) is 1. The molecule has 12 heavy (non-hydrogen) atoms. The molecule has 4 heteroatoms. The normalized spacial score (nSPS) is 12.5. The molecule has 1 aromatic rings. The van der Waals surface area contributed by atoms with Crippen molar-refractivity contribution in [2.24, 2.45) is 0 Å². The molecule has 0 heterocycles. The topological polar surface area (TPSA) is 35.1 Å². The van der Waals surface area contributed by atoms with Gasteiger partial charge in [-0.25, -0.2) is 4.72 Å². The van der Waals surface area contributed by atoms with Crippen LogP contribution in [-0.4, -0.2) is 16.2 Å². The second-order valence-corrected chi connectivity index (χ2v) is 3.89. The maximum Gasteiger partial charge on any atom is 0.144 e.